The fourth-order valence-electron chi connectivity index (χ4n) is 3.43. The minimum absolute atomic E-state index is 0.521. The molecule has 0 saturated heterocycles. The maximum Gasteiger partial charge on any atom is 0.126 e. The van der Waals surface area contributed by atoms with Crippen molar-refractivity contribution < 1.29 is 9.84 Å². The van der Waals surface area contributed by atoms with Gasteiger partial charge < -0.3 is 14.7 Å². The van der Waals surface area contributed by atoms with Gasteiger partial charge in [-0.2, -0.15) is 0 Å². The summed E-state index contributed by atoms with van der Waals surface area (Å²) in [5, 5.41) is 10.2. The molecule has 0 spiro atoms. The first-order valence-corrected chi connectivity index (χ1v) is 8.16. The molecule has 3 heteroatoms. The van der Waals surface area contributed by atoms with Crippen molar-refractivity contribution in [1.29, 1.82) is 0 Å². The number of aliphatic hydroxyl groups is 1. The SMILES string of the molecule is COc1cccc(N(CC(C)C)C2CCCC2)c1[C@H](C)O. The smallest absolute Gasteiger partial charge is 0.126 e. The van der Waals surface area contributed by atoms with Crippen LogP contribution in [0.1, 0.15) is 58.1 Å². The summed E-state index contributed by atoms with van der Waals surface area (Å²) in [7, 11) is 1.67. The molecule has 0 aromatic heterocycles. The van der Waals surface area contributed by atoms with Crippen LogP contribution >= 0.6 is 0 Å². The summed E-state index contributed by atoms with van der Waals surface area (Å²) in [5.74, 6) is 1.38. The molecular weight excluding hydrogens is 262 g/mol. The Balaban J connectivity index is 2.42. The monoisotopic (exact) mass is 291 g/mol. The average Bonchev–Trinajstić information content (AvgIpc) is 2.97. The van der Waals surface area contributed by atoms with Gasteiger partial charge in [-0.15, -0.1) is 0 Å². The lowest BCUT2D eigenvalue weighted by atomic mass is 10.0. The van der Waals surface area contributed by atoms with Crippen LogP contribution in [0, 0.1) is 5.92 Å². The van der Waals surface area contributed by atoms with E-state index in [4.69, 9.17) is 4.74 Å². The summed E-state index contributed by atoms with van der Waals surface area (Å²) < 4.78 is 5.48. The van der Waals surface area contributed by atoms with Crippen molar-refractivity contribution in [3.8, 4) is 5.75 Å². The highest BCUT2D eigenvalue weighted by Crippen LogP contribution is 2.38. The van der Waals surface area contributed by atoms with E-state index in [0.29, 0.717) is 12.0 Å². The molecule has 0 unspecified atom stereocenters. The molecule has 1 atom stereocenters. The standard InChI is InChI=1S/C18H29NO2/c1-13(2)12-19(15-8-5-6-9-15)16-10-7-11-17(21-4)18(16)14(3)20/h7,10-11,13-15,20H,5-6,8-9,12H2,1-4H3/t14-/m0/s1. The Labute approximate surface area is 128 Å². The minimum atomic E-state index is -0.521. The highest BCUT2D eigenvalue weighted by atomic mass is 16.5. The maximum atomic E-state index is 10.2. The maximum absolute atomic E-state index is 10.2. The molecule has 3 nitrogen and oxygen atoms in total. The van der Waals surface area contributed by atoms with E-state index in [0.717, 1.165) is 23.5 Å². The zero-order chi connectivity index (χ0) is 15.4. The van der Waals surface area contributed by atoms with Gasteiger partial charge in [-0.25, -0.2) is 0 Å². The first-order chi connectivity index (χ1) is 10.0. The van der Waals surface area contributed by atoms with Crippen molar-refractivity contribution in [2.45, 2.75) is 58.6 Å². The predicted molar refractivity (Wildman–Crippen MR) is 88.1 cm³/mol. The van der Waals surface area contributed by atoms with Gasteiger partial charge in [0.2, 0.25) is 0 Å². The van der Waals surface area contributed by atoms with Crippen LogP contribution in [0.3, 0.4) is 0 Å². The van der Waals surface area contributed by atoms with E-state index in [9.17, 15) is 5.11 Å². The number of hydrogen-bond donors (Lipinski definition) is 1. The number of hydrogen-bond acceptors (Lipinski definition) is 3. The Morgan fingerprint density at radius 3 is 2.43 bits per heavy atom. The van der Waals surface area contributed by atoms with Crippen LogP contribution in [0.15, 0.2) is 18.2 Å². The first kappa shape index (κ1) is 16.2. The second kappa shape index (κ2) is 7.17. The quantitative estimate of drug-likeness (QED) is 0.854. The van der Waals surface area contributed by atoms with Gasteiger partial charge in [0.15, 0.2) is 0 Å². The van der Waals surface area contributed by atoms with E-state index >= 15 is 0 Å². The Kier molecular flexibility index (Phi) is 5.51. The van der Waals surface area contributed by atoms with Crippen LogP contribution in [-0.2, 0) is 0 Å². The zero-order valence-corrected chi connectivity index (χ0v) is 13.8. The molecule has 1 fully saturated rings. The summed E-state index contributed by atoms with van der Waals surface area (Å²) in [4.78, 5) is 2.50. The van der Waals surface area contributed by atoms with Crippen LogP contribution in [0.2, 0.25) is 0 Å². The van der Waals surface area contributed by atoms with E-state index in [1.165, 1.54) is 25.7 Å². The van der Waals surface area contributed by atoms with Gasteiger partial charge in [0.05, 0.1) is 13.2 Å². The summed E-state index contributed by atoms with van der Waals surface area (Å²) in [5.41, 5.74) is 2.07. The molecule has 0 heterocycles. The van der Waals surface area contributed by atoms with Crippen LogP contribution in [0.5, 0.6) is 5.75 Å². The normalized spacial score (nSPS) is 17.2. The molecule has 1 saturated carbocycles. The Bertz CT molecular complexity index is 451. The van der Waals surface area contributed by atoms with Crippen LogP contribution in [0.4, 0.5) is 5.69 Å². The number of aliphatic hydroxyl groups excluding tert-OH is 1. The third kappa shape index (κ3) is 3.70. The minimum Gasteiger partial charge on any atom is -0.496 e. The zero-order valence-electron chi connectivity index (χ0n) is 13.8. The molecule has 1 aromatic carbocycles. The van der Waals surface area contributed by atoms with Crippen molar-refractivity contribution in [2.24, 2.45) is 5.92 Å². The lowest BCUT2D eigenvalue weighted by Gasteiger charge is -2.35. The highest BCUT2D eigenvalue weighted by Gasteiger charge is 2.27. The van der Waals surface area contributed by atoms with Gasteiger partial charge in [-0.05, 0) is 37.8 Å². The topological polar surface area (TPSA) is 32.7 Å². The number of anilines is 1. The van der Waals surface area contributed by atoms with Crippen molar-refractivity contribution in [1.82, 2.24) is 0 Å². The molecule has 1 aromatic rings. The van der Waals surface area contributed by atoms with E-state index in [2.05, 4.69) is 24.8 Å². The molecule has 1 N–H and O–H groups in total. The van der Waals surface area contributed by atoms with Crippen molar-refractivity contribution in [3.05, 3.63) is 23.8 Å². The number of ether oxygens (including phenoxy) is 1. The largest absolute Gasteiger partial charge is 0.496 e. The molecule has 0 amide bonds. The third-order valence-corrected chi connectivity index (χ3v) is 4.32. The van der Waals surface area contributed by atoms with Crippen molar-refractivity contribution in [2.75, 3.05) is 18.6 Å². The molecule has 0 radical (unpaired) electrons. The van der Waals surface area contributed by atoms with E-state index in [1.807, 2.05) is 19.1 Å². The first-order valence-electron chi connectivity index (χ1n) is 8.16. The second-order valence-electron chi connectivity index (χ2n) is 6.55. The summed E-state index contributed by atoms with van der Waals surface area (Å²) in [6.07, 6.45) is 4.61. The molecule has 0 aliphatic heterocycles. The Hall–Kier alpha value is -1.22. The summed E-state index contributed by atoms with van der Waals surface area (Å²) in [6.45, 7) is 7.36. The van der Waals surface area contributed by atoms with Crippen molar-refractivity contribution in [3.63, 3.8) is 0 Å². The average molecular weight is 291 g/mol. The highest BCUT2D eigenvalue weighted by molar-refractivity contribution is 5.61. The summed E-state index contributed by atoms with van der Waals surface area (Å²) >= 11 is 0. The number of rotatable bonds is 6. The van der Waals surface area contributed by atoms with E-state index in [-0.39, 0.29) is 0 Å². The predicted octanol–water partition coefficient (Wildman–Crippen LogP) is 4.15. The lowest BCUT2D eigenvalue weighted by molar-refractivity contribution is 0.194. The lowest BCUT2D eigenvalue weighted by Crippen LogP contribution is -2.37. The van der Waals surface area contributed by atoms with Crippen molar-refractivity contribution >= 4 is 5.69 Å². The number of methoxy groups -OCH3 is 1. The molecule has 1 aliphatic carbocycles. The molecule has 2 rings (SSSR count). The molecule has 1 aliphatic rings. The van der Waals surface area contributed by atoms with Gasteiger partial charge >= 0.3 is 0 Å². The third-order valence-electron chi connectivity index (χ3n) is 4.32. The van der Waals surface area contributed by atoms with Gasteiger partial charge in [0.1, 0.15) is 5.75 Å². The Morgan fingerprint density at radius 1 is 1.24 bits per heavy atom. The van der Waals surface area contributed by atoms with E-state index < -0.39 is 6.10 Å². The van der Waals surface area contributed by atoms with E-state index in [1.54, 1.807) is 7.11 Å². The van der Waals surface area contributed by atoms with Gasteiger partial charge in [-0.1, -0.05) is 32.8 Å². The van der Waals surface area contributed by atoms with Crippen LogP contribution < -0.4 is 9.64 Å². The van der Waals surface area contributed by atoms with Crippen LogP contribution in [-0.4, -0.2) is 24.8 Å². The molecular formula is C18H29NO2. The fourth-order valence-corrected chi connectivity index (χ4v) is 3.43. The number of nitrogens with zero attached hydrogens (tertiary/aromatic N) is 1. The van der Waals surface area contributed by atoms with Gasteiger partial charge in [-0.3, -0.25) is 0 Å². The Morgan fingerprint density at radius 2 is 1.90 bits per heavy atom. The molecule has 0 bridgehead atoms. The number of benzene rings is 1. The van der Waals surface area contributed by atoms with Gasteiger partial charge in [0.25, 0.3) is 0 Å². The van der Waals surface area contributed by atoms with Crippen LogP contribution in [0.25, 0.3) is 0 Å². The fraction of sp³-hybridized carbons (Fsp3) is 0.667. The van der Waals surface area contributed by atoms with Gasteiger partial charge in [0, 0.05) is 23.8 Å². The molecule has 118 valence electrons. The summed E-state index contributed by atoms with van der Waals surface area (Å²) in [6, 6.07) is 6.69. The molecule has 21 heavy (non-hydrogen) atoms. The second-order valence-corrected chi connectivity index (χ2v) is 6.55.